The number of H-pyrrole nitrogens is 1. The molecule has 2 N–H and O–H groups in total. The molecule has 1 heterocycles. The quantitative estimate of drug-likeness (QED) is 0.563. The number of aromatic nitrogens is 1. The first kappa shape index (κ1) is 19.0. The lowest BCUT2D eigenvalue weighted by Gasteiger charge is -2.16. The van der Waals surface area contributed by atoms with Crippen LogP contribution in [0.2, 0.25) is 0 Å². The number of carbonyl (C=O) groups is 2. The topological polar surface area (TPSA) is 80.4 Å². The molecule has 6 nitrogen and oxygen atoms in total. The maximum Gasteiger partial charge on any atom is 0.328 e. The molecule has 140 valence electrons. The Balaban J connectivity index is 1.66. The number of aromatic amines is 1. The Hall–Kier alpha value is -2.80. The summed E-state index contributed by atoms with van der Waals surface area (Å²) in [6, 6.07) is 14.2. The fourth-order valence-corrected chi connectivity index (χ4v) is 3.18. The Labute approximate surface area is 165 Å². The molecule has 1 atom stereocenters. The molecule has 2 aromatic carbocycles. The number of benzene rings is 2. The average Bonchev–Trinajstić information content (AvgIpc) is 3.08. The second kappa shape index (κ2) is 8.73. The molecule has 0 aliphatic carbocycles. The van der Waals surface area contributed by atoms with E-state index in [-0.39, 0.29) is 6.61 Å². The molecule has 3 rings (SSSR count). The molecule has 7 heteroatoms. The van der Waals surface area contributed by atoms with Gasteiger partial charge in [-0.25, -0.2) is 4.79 Å². The van der Waals surface area contributed by atoms with Crippen molar-refractivity contribution in [2.24, 2.45) is 0 Å². The van der Waals surface area contributed by atoms with Gasteiger partial charge in [-0.3, -0.25) is 4.79 Å². The van der Waals surface area contributed by atoms with Crippen LogP contribution in [0.15, 0.2) is 59.2 Å². The van der Waals surface area contributed by atoms with Crippen LogP contribution in [0, 0.1) is 0 Å². The fourth-order valence-electron chi connectivity index (χ4n) is 2.80. The monoisotopic (exact) mass is 430 g/mol. The zero-order valence-corrected chi connectivity index (χ0v) is 16.3. The highest BCUT2D eigenvalue weighted by atomic mass is 79.9. The van der Waals surface area contributed by atoms with Crippen LogP contribution in [0.1, 0.15) is 5.56 Å². The van der Waals surface area contributed by atoms with Crippen molar-refractivity contribution in [3.8, 4) is 5.75 Å². The molecule has 1 aromatic heterocycles. The molecular weight excluding hydrogens is 412 g/mol. The first-order valence-corrected chi connectivity index (χ1v) is 9.16. The van der Waals surface area contributed by atoms with E-state index in [4.69, 9.17) is 9.47 Å². The number of amides is 1. The molecule has 0 fully saturated rings. The lowest BCUT2D eigenvalue weighted by molar-refractivity contribution is -0.145. The average molecular weight is 431 g/mol. The predicted octanol–water partition coefficient (Wildman–Crippen LogP) is 3.21. The number of nitrogens with one attached hydrogen (secondary N) is 2. The van der Waals surface area contributed by atoms with Gasteiger partial charge in [0.05, 0.1) is 7.11 Å². The number of esters is 1. The van der Waals surface area contributed by atoms with Gasteiger partial charge in [-0.2, -0.15) is 0 Å². The van der Waals surface area contributed by atoms with E-state index in [0.717, 1.165) is 20.9 Å². The number of hydrogen-bond donors (Lipinski definition) is 2. The van der Waals surface area contributed by atoms with Crippen LogP contribution in [0.25, 0.3) is 10.9 Å². The predicted molar refractivity (Wildman–Crippen MR) is 106 cm³/mol. The second-order valence-electron chi connectivity index (χ2n) is 5.95. The molecule has 1 unspecified atom stereocenters. The van der Waals surface area contributed by atoms with Crippen LogP contribution in [0.3, 0.4) is 0 Å². The first-order valence-electron chi connectivity index (χ1n) is 8.37. The maximum atomic E-state index is 12.3. The summed E-state index contributed by atoms with van der Waals surface area (Å²) in [5, 5.41) is 3.70. The van der Waals surface area contributed by atoms with Crippen molar-refractivity contribution in [1.82, 2.24) is 10.3 Å². The van der Waals surface area contributed by atoms with Gasteiger partial charge in [-0.1, -0.05) is 40.2 Å². The third kappa shape index (κ3) is 4.89. The highest BCUT2D eigenvalue weighted by molar-refractivity contribution is 9.10. The Morgan fingerprint density at radius 1 is 1.19 bits per heavy atom. The van der Waals surface area contributed by atoms with Crippen LogP contribution in [-0.2, 0) is 20.7 Å². The number of carbonyl (C=O) groups excluding carboxylic acids is 2. The molecule has 0 radical (unpaired) electrons. The highest BCUT2D eigenvalue weighted by Gasteiger charge is 2.23. The second-order valence-corrected chi connectivity index (χ2v) is 6.87. The number of ether oxygens (including phenoxy) is 2. The van der Waals surface area contributed by atoms with Crippen LogP contribution in [0.5, 0.6) is 5.75 Å². The minimum atomic E-state index is -0.798. The summed E-state index contributed by atoms with van der Waals surface area (Å²) in [6.45, 7) is -0.197. The van der Waals surface area contributed by atoms with Crippen molar-refractivity contribution < 1.29 is 19.1 Å². The minimum absolute atomic E-state index is 0.197. The number of halogens is 1. The normalized spacial score (nSPS) is 11.8. The van der Waals surface area contributed by atoms with Crippen molar-refractivity contribution in [3.05, 3.63) is 64.8 Å². The molecule has 0 bridgehead atoms. The lowest BCUT2D eigenvalue weighted by atomic mass is 10.0. The lowest BCUT2D eigenvalue weighted by Crippen LogP contribution is -2.44. The molecule has 0 saturated heterocycles. The molecule has 3 aromatic rings. The van der Waals surface area contributed by atoms with Gasteiger partial charge in [-0.15, -0.1) is 0 Å². The van der Waals surface area contributed by atoms with Crippen LogP contribution in [0.4, 0.5) is 0 Å². The summed E-state index contributed by atoms with van der Waals surface area (Å²) in [6.07, 6.45) is 2.16. The van der Waals surface area contributed by atoms with Gasteiger partial charge in [0.2, 0.25) is 0 Å². The summed E-state index contributed by atoms with van der Waals surface area (Å²) >= 11 is 3.35. The molecule has 0 aliphatic rings. The van der Waals surface area contributed by atoms with Crippen molar-refractivity contribution in [2.75, 3.05) is 13.7 Å². The van der Waals surface area contributed by atoms with Gasteiger partial charge < -0.3 is 19.8 Å². The van der Waals surface area contributed by atoms with Gasteiger partial charge >= 0.3 is 5.97 Å². The van der Waals surface area contributed by atoms with Gasteiger partial charge in [0.1, 0.15) is 11.8 Å². The Kier molecular flexibility index (Phi) is 6.13. The Morgan fingerprint density at radius 3 is 2.78 bits per heavy atom. The number of hydrogen-bond acceptors (Lipinski definition) is 4. The molecule has 1 amide bonds. The van der Waals surface area contributed by atoms with E-state index >= 15 is 0 Å². The summed E-state index contributed by atoms with van der Waals surface area (Å²) in [4.78, 5) is 27.6. The smallest absolute Gasteiger partial charge is 0.328 e. The Morgan fingerprint density at radius 2 is 2.00 bits per heavy atom. The zero-order valence-electron chi connectivity index (χ0n) is 14.7. The highest BCUT2D eigenvalue weighted by Crippen LogP contribution is 2.20. The van der Waals surface area contributed by atoms with Crippen molar-refractivity contribution >= 4 is 38.7 Å². The van der Waals surface area contributed by atoms with E-state index in [1.165, 1.54) is 7.11 Å². The van der Waals surface area contributed by atoms with E-state index in [2.05, 4.69) is 26.2 Å². The van der Waals surface area contributed by atoms with Crippen LogP contribution in [-0.4, -0.2) is 36.6 Å². The van der Waals surface area contributed by atoms with Gasteiger partial charge in [0, 0.05) is 28.0 Å². The number of rotatable bonds is 7. The van der Waals surface area contributed by atoms with Gasteiger partial charge in [0.25, 0.3) is 5.91 Å². The minimum Gasteiger partial charge on any atom is -0.484 e. The maximum absolute atomic E-state index is 12.3. The van der Waals surface area contributed by atoms with E-state index in [0.29, 0.717) is 12.2 Å². The SMILES string of the molecule is COC(=O)C(Cc1c[nH]c2ccccc12)NC(=O)COc1cccc(Br)c1. The van der Waals surface area contributed by atoms with E-state index < -0.39 is 17.9 Å². The molecular formula is C20H19BrN2O4. The molecule has 0 aliphatic heterocycles. The Bertz CT molecular complexity index is 954. The van der Waals surface area contributed by atoms with E-state index in [1.807, 2.05) is 42.6 Å². The zero-order chi connectivity index (χ0) is 19.2. The van der Waals surface area contributed by atoms with Crippen molar-refractivity contribution in [3.63, 3.8) is 0 Å². The first-order chi connectivity index (χ1) is 13.1. The van der Waals surface area contributed by atoms with Crippen LogP contribution < -0.4 is 10.1 Å². The van der Waals surface area contributed by atoms with Gasteiger partial charge in [-0.05, 0) is 29.8 Å². The summed E-state index contributed by atoms with van der Waals surface area (Å²) < 4.78 is 11.2. The molecule has 0 saturated carbocycles. The molecule has 27 heavy (non-hydrogen) atoms. The molecule has 0 spiro atoms. The summed E-state index contributed by atoms with van der Waals surface area (Å²) in [5.41, 5.74) is 1.90. The summed E-state index contributed by atoms with van der Waals surface area (Å²) in [7, 11) is 1.30. The third-order valence-electron chi connectivity index (χ3n) is 4.09. The largest absolute Gasteiger partial charge is 0.484 e. The van der Waals surface area contributed by atoms with E-state index in [1.54, 1.807) is 12.1 Å². The van der Waals surface area contributed by atoms with Crippen molar-refractivity contribution in [2.45, 2.75) is 12.5 Å². The van der Waals surface area contributed by atoms with Gasteiger partial charge in [0.15, 0.2) is 6.61 Å². The van der Waals surface area contributed by atoms with Crippen molar-refractivity contribution in [1.29, 1.82) is 0 Å². The standard InChI is InChI=1S/C20H19BrN2O4/c1-26-20(25)18(9-13-11-22-17-8-3-2-7-16(13)17)23-19(24)12-27-15-6-4-5-14(21)10-15/h2-8,10-11,18,22H,9,12H2,1H3,(H,23,24). The number of para-hydroxylation sites is 1. The van der Waals surface area contributed by atoms with Crippen LogP contribution >= 0.6 is 15.9 Å². The fraction of sp³-hybridized carbons (Fsp3) is 0.200. The number of fused-ring (bicyclic) bond motifs is 1. The summed E-state index contributed by atoms with van der Waals surface area (Å²) in [5.74, 6) is -0.341. The third-order valence-corrected chi connectivity index (χ3v) is 4.58. The van der Waals surface area contributed by atoms with E-state index in [9.17, 15) is 9.59 Å². The number of methoxy groups -OCH3 is 1.